The maximum Gasteiger partial charge on any atom is 0.322 e. The van der Waals surface area contributed by atoms with Crippen LogP contribution in [0.1, 0.15) is 20.3 Å². The smallest absolute Gasteiger partial charge is 0.322 e. The summed E-state index contributed by atoms with van der Waals surface area (Å²) in [6.07, 6.45) is -1.40. The lowest BCUT2D eigenvalue weighted by Crippen LogP contribution is -2.52. The molecule has 0 aliphatic carbocycles. The molecule has 0 aromatic carbocycles. The number of methoxy groups -OCH3 is 1. The molecule has 1 atom stereocenters. The van der Waals surface area contributed by atoms with Gasteiger partial charge in [0.25, 0.3) is 5.91 Å². The fraction of sp³-hybridized carbons (Fsp3) is 0.778. The van der Waals surface area contributed by atoms with Gasteiger partial charge in [-0.1, -0.05) is 0 Å². The normalized spacial score (nSPS) is 15.1. The molecular formula is C9H16FNO6S. The van der Waals surface area contributed by atoms with E-state index in [4.69, 9.17) is 4.55 Å². The fourth-order valence-corrected chi connectivity index (χ4v) is 1.70. The van der Waals surface area contributed by atoms with Crippen LogP contribution in [-0.4, -0.2) is 54.9 Å². The molecule has 7 nitrogen and oxygen atoms in total. The Hall–Kier alpha value is -1.22. The molecule has 0 aromatic heterocycles. The summed E-state index contributed by atoms with van der Waals surface area (Å²) < 4.78 is 49.1. The van der Waals surface area contributed by atoms with Crippen molar-refractivity contribution in [3.8, 4) is 0 Å². The highest BCUT2D eigenvalue weighted by Crippen LogP contribution is 2.27. The molecule has 1 amide bonds. The quantitative estimate of drug-likeness (QED) is 0.562. The minimum absolute atomic E-state index is 0.507. The van der Waals surface area contributed by atoms with Crippen LogP contribution in [0.3, 0.4) is 0 Å². The number of amides is 1. The summed E-state index contributed by atoms with van der Waals surface area (Å²) in [5.41, 5.74) is 0. The first-order valence-corrected chi connectivity index (χ1v) is 6.41. The Balaban J connectivity index is 5.51. The van der Waals surface area contributed by atoms with Crippen LogP contribution in [0.5, 0.6) is 0 Å². The summed E-state index contributed by atoms with van der Waals surface area (Å²) in [5.74, 6) is -2.79. The molecule has 0 spiro atoms. The van der Waals surface area contributed by atoms with Gasteiger partial charge >= 0.3 is 21.1 Å². The van der Waals surface area contributed by atoms with Crippen molar-refractivity contribution in [1.82, 2.24) is 4.90 Å². The molecular weight excluding hydrogens is 269 g/mol. The van der Waals surface area contributed by atoms with Crippen LogP contribution < -0.4 is 0 Å². The van der Waals surface area contributed by atoms with Crippen LogP contribution in [-0.2, 0) is 24.4 Å². The van der Waals surface area contributed by atoms with Crippen molar-refractivity contribution < 1.29 is 31.7 Å². The van der Waals surface area contributed by atoms with Gasteiger partial charge in [0, 0.05) is 13.1 Å². The van der Waals surface area contributed by atoms with E-state index in [-0.39, 0.29) is 0 Å². The molecule has 0 saturated heterocycles. The molecule has 0 heterocycles. The number of alkyl halides is 1. The third kappa shape index (κ3) is 3.39. The van der Waals surface area contributed by atoms with Gasteiger partial charge < -0.3 is 9.64 Å². The van der Waals surface area contributed by atoms with Crippen molar-refractivity contribution >= 4 is 22.0 Å². The molecule has 0 fully saturated rings. The maximum absolute atomic E-state index is 14.2. The zero-order chi connectivity index (χ0) is 14.7. The second-order valence-corrected chi connectivity index (χ2v) is 5.56. The monoisotopic (exact) mass is 285 g/mol. The second-order valence-electron chi connectivity index (χ2n) is 3.97. The van der Waals surface area contributed by atoms with Gasteiger partial charge in [-0.25, -0.2) is 4.39 Å². The Kier molecular flexibility index (Phi) is 5.23. The number of ether oxygens (including phenoxy) is 1. The van der Waals surface area contributed by atoms with Crippen molar-refractivity contribution in [2.24, 2.45) is 0 Å². The van der Waals surface area contributed by atoms with Crippen molar-refractivity contribution in [2.45, 2.75) is 31.3 Å². The molecule has 0 aliphatic rings. The van der Waals surface area contributed by atoms with Gasteiger partial charge in [0.2, 0.25) is 0 Å². The Bertz CT molecular complexity index is 434. The Morgan fingerprint density at radius 1 is 1.44 bits per heavy atom. The number of rotatable bonds is 5. The SMILES string of the molecule is COC(=O)CC(F)(C(=O)N(C)C(C)C)S(=O)(=O)O. The summed E-state index contributed by atoms with van der Waals surface area (Å²) in [4.78, 5) is 23.4. The molecule has 0 aromatic rings. The molecule has 0 rings (SSSR count). The molecule has 0 saturated carbocycles. The number of nitrogens with zero attached hydrogens (tertiary/aromatic N) is 1. The standard InChI is InChI=1S/C9H16FNO6S/c1-6(2)11(3)8(13)9(10,18(14,15)16)5-7(12)17-4/h6H,5H2,1-4H3,(H,14,15,16). The van der Waals surface area contributed by atoms with Gasteiger partial charge in [-0.3, -0.25) is 14.1 Å². The van der Waals surface area contributed by atoms with Crippen LogP contribution >= 0.6 is 0 Å². The molecule has 0 radical (unpaired) electrons. The van der Waals surface area contributed by atoms with Crippen LogP contribution in [0.4, 0.5) is 4.39 Å². The van der Waals surface area contributed by atoms with E-state index in [1.165, 1.54) is 13.8 Å². The summed E-state index contributed by atoms with van der Waals surface area (Å²) in [7, 11) is -3.34. The zero-order valence-electron chi connectivity index (χ0n) is 10.5. The van der Waals surface area contributed by atoms with E-state index in [0.717, 1.165) is 19.1 Å². The van der Waals surface area contributed by atoms with Crippen LogP contribution in [0.25, 0.3) is 0 Å². The van der Waals surface area contributed by atoms with Crippen molar-refractivity contribution in [1.29, 1.82) is 0 Å². The highest BCUT2D eigenvalue weighted by atomic mass is 32.2. The fourth-order valence-electron chi connectivity index (χ4n) is 1.03. The first-order valence-electron chi connectivity index (χ1n) is 4.97. The highest BCUT2D eigenvalue weighted by Gasteiger charge is 2.54. The number of hydrogen-bond acceptors (Lipinski definition) is 5. The molecule has 9 heteroatoms. The molecule has 1 N–H and O–H groups in total. The topological polar surface area (TPSA) is 101 Å². The number of esters is 1. The van der Waals surface area contributed by atoms with E-state index in [0.29, 0.717) is 0 Å². The van der Waals surface area contributed by atoms with E-state index in [1.807, 2.05) is 0 Å². The third-order valence-electron chi connectivity index (χ3n) is 2.42. The lowest BCUT2D eigenvalue weighted by atomic mass is 10.2. The van der Waals surface area contributed by atoms with E-state index in [9.17, 15) is 22.4 Å². The minimum Gasteiger partial charge on any atom is -0.469 e. The number of carbonyl (C=O) groups excluding carboxylic acids is 2. The van der Waals surface area contributed by atoms with Gasteiger partial charge in [-0.2, -0.15) is 8.42 Å². The highest BCUT2D eigenvalue weighted by molar-refractivity contribution is 7.88. The van der Waals surface area contributed by atoms with Gasteiger partial charge in [0.15, 0.2) is 0 Å². The zero-order valence-corrected chi connectivity index (χ0v) is 11.3. The van der Waals surface area contributed by atoms with Crippen LogP contribution in [0.15, 0.2) is 0 Å². The predicted octanol–water partition coefficient (Wildman–Crippen LogP) is -0.0301. The number of hydrogen-bond donors (Lipinski definition) is 1. The first-order chi connectivity index (χ1) is 7.97. The van der Waals surface area contributed by atoms with Crippen LogP contribution in [0, 0.1) is 0 Å². The van der Waals surface area contributed by atoms with Crippen molar-refractivity contribution in [3.63, 3.8) is 0 Å². The molecule has 0 bridgehead atoms. The van der Waals surface area contributed by atoms with E-state index < -0.39 is 39.5 Å². The number of carbonyl (C=O) groups is 2. The Morgan fingerprint density at radius 2 is 1.89 bits per heavy atom. The molecule has 18 heavy (non-hydrogen) atoms. The van der Waals surface area contributed by atoms with Gasteiger partial charge in [0.05, 0.1) is 7.11 Å². The average molecular weight is 285 g/mol. The first kappa shape index (κ1) is 16.8. The Morgan fingerprint density at radius 3 is 2.17 bits per heavy atom. The van der Waals surface area contributed by atoms with Crippen LogP contribution in [0.2, 0.25) is 0 Å². The van der Waals surface area contributed by atoms with Gasteiger partial charge in [-0.15, -0.1) is 0 Å². The second kappa shape index (κ2) is 5.61. The lowest BCUT2D eigenvalue weighted by Gasteiger charge is -2.28. The van der Waals surface area contributed by atoms with Gasteiger partial charge in [0.1, 0.15) is 6.42 Å². The number of halogens is 1. The minimum atomic E-state index is -5.41. The molecule has 1 unspecified atom stereocenters. The van der Waals surface area contributed by atoms with E-state index in [2.05, 4.69) is 4.74 Å². The van der Waals surface area contributed by atoms with E-state index in [1.54, 1.807) is 0 Å². The summed E-state index contributed by atoms with van der Waals surface area (Å²) >= 11 is 0. The summed E-state index contributed by atoms with van der Waals surface area (Å²) in [6, 6.07) is -0.507. The Labute approximate surface area is 105 Å². The third-order valence-corrected chi connectivity index (χ3v) is 3.56. The van der Waals surface area contributed by atoms with Crippen molar-refractivity contribution in [2.75, 3.05) is 14.2 Å². The lowest BCUT2D eigenvalue weighted by molar-refractivity contribution is -0.149. The predicted molar refractivity (Wildman–Crippen MR) is 59.9 cm³/mol. The van der Waals surface area contributed by atoms with E-state index >= 15 is 0 Å². The van der Waals surface area contributed by atoms with Gasteiger partial charge in [-0.05, 0) is 13.8 Å². The average Bonchev–Trinajstić information content (AvgIpc) is 2.24. The maximum atomic E-state index is 14.2. The molecule has 106 valence electrons. The largest absolute Gasteiger partial charge is 0.469 e. The summed E-state index contributed by atoms with van der Waals surface area (Å²) in [6.45, 7) is 3.03. The molecule has 0 aliphatic heterocycles. The summed E-state index contributed by atoms with van der Waals surface area (Å²) in [5, 5.41) is -3.74. The van der Waals surface area contributed by atoms with Crippen molar-refractivity contribution in [3.05, 3.63) is 0 Å².